The number of aliphatic hydroxyl groups is 1. The number of hydrogen-bond donors (Lipinski definition) is 2. The standard InChI is InChI=1S/C9H19N2O2P/c1-2-4-11-8-14(7-10)9(12)3-5-13-6-9/h7-8,12,14H,2-6,10H2,1H3/b11-8-. The van der Waals surface area contributed by atoms with E-state index < -0.39 is 12.9 Å². The molecule has 0 radical (unpaired) electrons. The Morgan fingerprint density at radius 2 is 2.50 bits per heavy atom. The van der Waals surface area contributed by atoms with Crippen molar-refractivity contribution in [2.45, 2.75) is 25.1 Å². The lowest BCUT2D eigenvalue weighted by Gasteiger charge is -2.21. The highest BCUT2D eigenvalue weighted by Crippen LogP contribution is 2.40. The van der Waals surface area contributed by atoms with E-state index in [1.807, 2.05) is 5.96 Å². The van der Waals surface area contributed by atoms with Crippen molar-refractivity contribution in [3.8, 4) is 0 Å². The van der Waals surface area contributed by atoms with Crippen LogP contribution < -0.4 is 5.73 Å². The van der Waals surface area contributed by atoms with Gasteiger partial charge in [-0.1, -0.05) is 6.92 Å². The van der Waals surface area contributed by atoms with Gasteiger partial charge in [0.05, 0.1) is 6.61 Å². The van der Waals surface area contributed by atoms with Crippen molar-refractivity contribution in [1.82, 2.24) is 0 Å². The van der Waals surface area contributed by atoms with Crippen molar-refractivity contribution in [2.75, 3.05) is 19.8 Å². The Labute approximate surface area is 85.6 Å². The fraction of sp³-hybridized carbons (Fsp3) is 0.778. The number of rotatable bonds is 4. The highest BCUT2D eigenvalue weighted by atomic mass is 31.1. The first-order valence-electron chi connectivity index (χ1n) is 4.95. The monoisotopic (exact) mass is 218 g/mol. The van der Waals surface area contributed by atoms with Crippen LogP contribution in [0.4, 0.5) is 0 Å². The molecule has 3 N–H and O–H groups in total. The summed E-state index contributed by atoms with van der Waals surface area (Å²) in [4.78, 5) is 4.24. The second kappa shape index (κ2) is 5.66. The Morgan fingerprint density at radius 1 is 1.71 bits per heavy atom. The maximum absolute atomic E-state index is 10.2. The number of ether oxygens (including phenoxy) is 1. The highest BCUT2D eigenvalue weighted by Gasteiger charge is 2.34. The largest absolute Gasteiger partial charge is 0.383 e. The number of hydrogen-bond acceptors (Lipinski definition) is 3. The van der Waals surface area contributed by atoms with Gasteiger partial charge in [0, 0.05) is 25.5 Å². The van der Waals surface area contributed by atoms with Gasteiger partial charge in [0.25, 0.3) is 0 Å². The molecule has 0 aromatic rings. The molecule has 1 rings (SSSR count). The lowest BCUT2D eigenvalue weighted by molar-refractivity contribution is 0.100. The predicted molar refractivity (Wildman–Crippen MR) is 62.6 cm³/mol. The second-order valence-corrected chi connectivity index (χ2v) is 5.92. The van der Waals surface area contributed by atoms with Gasteiger partial charge >= 0.3 is 0 Å². The van der Waals surface area contributed by atoms with Gasteiger partial charge in [0.15, 0.2) is 0 Å². The van der Waals surface area contributed by atoms with E-state index in [1.54, 1.807) is 5.92 Å². The van der Waals surface area contributed by atoms with Crippen molar-refractivity contribution >= 4 is 19.4 Å². The van der Waals surface area contributed by atoms with Crippen LogP contribution in [0.2, 0.25) is 0 Å². The summed E-state index contributed by atoms with van der Waals surface area (Å²) in [5, 5.41) is 9.43. The van der Waals surface area contributed by atoms with Gasteiger partial charge in [-0.3, -0.25) is 4.99 Å². The van der Waals surface area contributed by atoms with Crippen LogP contribution >= 0.6 is 7.55 Å². The van der Waals surface area contributed by atoms with Crippen molar-refractivity contribution in [3.63, 3.8) is 0 Å². The van der Waals surface area contributed by atoms with E-state index in [1.165, 1.54) is 0 Å². The molecule has 4 nitrogen and oxygen atoms in total. The Balaban J connectivity index is 2.62. The molecular weight excluding hydrogens is 199 g/mol. The normalized spacial score (nSPS) is 30.2. The molecule has 1 fully saturated rings. The third-order valence-electron chi connectivity index (χ3n) is 2.30. The van der Waals surface area contributed by atoms with Crippen molar-refractivity contribution in [2.24, 2.45) is 10.7 Å². The summed E-state index contributed by atoms with van der Waals surface area (Å²) in [6.45, 7) is 3.90. The molecular formula is C9H19N2O2P. The fourth-order valence-electron chi connectivity index (χ4n) is 1.39. The molecule has 0 amide bonds. The summed E-state index contributed by atoms with van der Waals surface area (Å²) in [6.07, 6.45) is 1.69. The molecule has 2 atom stereocenters. The second-order valence-electron chi connectivity index (χ2n) is 3.49. The number of aliphatic imine (C=N–C) groups is 1. The Bertz CT molecular complexity index is 235. The van der Waals surface area contributed by atoms with Crippen LogP contribution in [0, 0.1) is 0 Å². The molecule has 1 heterocycles. The Kier molecular flexibility index (Phi) is 4.82. The van der Waals surface area contributed by atoms with Gasteiger partial charge in [-0.2, -0.15) is 0 Å². The minimum absolute atomic E-state index is 0.396. The SMILES string of the molecule is CCC/N=C\[PH](=C/N)C1(O)CCOC1. The molecule has 0 aliphatic carbocycles. The fourth-order valence-corrected chi connectivity index (χ4v) is 3.01. The number of nitrogens with two attached hydrogens (primary N) is 1. The van der Waals surface area contributed by atoms with Gasteiger partial charge in [0.1, 0.15) is 5.34 Å². The predicted octanol–water partition coefficient (Wildman–Crippen LogP) is 0.466. The van der Waals surface area contributed by atoms with Gasteiger partial charge < -0.3 is 15.6 Å². The number of nitrogens with zero attached hydrogens (tertiary/aromatic N) is 1. The van der Waals surface area contributed by atoms with E-state index >= 15 is 0 Å². The molecule has 0 aromatic carbocycles. The minimum atomic E-state index is -1.24. The summed E-state index contributed by atoms with van der Waals surface area (Å²) in [6, 6.07) is 0. The quantitative estimate of drug-likeness (QED) is 0.532. The van der Waals surface area contributed by atoms with Crippen LogP contribution in [0.1, 0.15) is 19.8 Å². The Morgan fingerprint density at radius 3 is 3.00 bits per heavy atom. The molecule has 82 valence electrons. The first kappa shape index (κ1) is 11.9. The maximum Gasteiger partial charge on any atom is 0.112 e. The van der Waals surface area contributed by atoms with Crippen molar-refractivity contribution in [3.05, 3.63) is 0 Å². The summed E-state index contributed by atoms with van der Waals surface area (Å²) in [7, 11) is -1.24. The average Bonchev–Trinajstić information content (AvgIpc) is 2.61. The zero-order chi connectivity index (χ0) is 10.4. The van der Waals surface area contributed by atoms with Crippen molar-refractivity contribution < 1.29 is 9.84 Å². The molecule has 0 bridgehead atoms. The molecule has 1 aliphatic heterocycles. The molecule has 0 saturated carbocycles. The van der Waals surface area contributed by atoms with Gasteiger partial charge in [-0.15, -0.1) is 0 Å². The first-order chi connectivity index (χ1) is 6.73. The topological polar surface area (TPSA) is 67.8 Å². The van der Waals surface area contributed by atoms with E-state index in [4.69, 9.17) is 10.5 Å². The van der Waals surface area contributed by atoms with Gasteiger partial charge in [-0.05, 0) is 19.9 Å². The van der Waals surface area contributed by atoms with E-state index in [0.29, 0.717) is 19.6 Å². The molecule has 5 heteroatoms. The zero-order valence-electron chi connectivity index (χ0n) is 8.57. The summed E-state index contributed by atoms with van der Waals surface area (Å²) in [5.74, 6) is 3.43. The average molecular weight is 218 g/mol. The summed E-state index contributed by atoms with van der Waals surface area (Å²) < 4.78 is 5.19. The summed E-state index contributed by atoms with van der Waals surface area (Å²) >= 11 is 0. The molecule has 1 saturated heterocycles. The van der Waals surface area contributed by atoms with Gasteiger partial charge in [0.2, 0.25) is 0 Å². The van der Waals surface area contributed by atoms with Crippen LogP contribution in [0.25, 0.3) is 0 Å². The summed E-state index contributed by atoms with van der Waals surface area (Å²) in [5.41, 5.74) is 5.53. The van der Waals surface area contributed by atoms with Gasteiger partial charge in [-0.25, -0.2) is 0 Å². The maximum atomic E-state index is 10.2. The van der Waals surface area contributed by atoms with E-state index in [2.05, 4.69) is 11.9 Å². The minimum Gasteiger partial charge on any atom is -0.383 e. The molecule has 2 unspecified atom stereocenters. The molecule has 0 spiro atoms. The lowest BCUT2D eigenvalue weighted by Crippen LogP contribution is -2.25. The Hall–Kier alpha value is -0.150. The van der Waals surface area contributed by atoms with E-state index in [-0.39, 0.29) is 0 Å². The van der Waals surface area contributed by atoms with Crippen LogP contribution in [0.3, 0.4) is 0 Å². The third kappa shape index (κ3) is 2.92. The molecule has 0 aromatic heterocycles. The van der Waals surface area contributed by atoms with E-state index in [9.17, 15) is 5.11 Å². The van der Waals surface area contributed by atoms with Crippen molar-refractivity contribution in [1.29, 1.82) is 0 Å². The van der Waals surface area contributed by atoms with Crippen LogP contribution in [-0.2, 0) is 4.74 Å². The van der Waals surface area contributed by atoms with Crippen LogP contribution in [-0.4, -0.2) is 42.1 Å². The lowest BCUT2D eigenvalue weighted by atomic mass is 10.3. The zero-order valence-corrected chi connectivity index (χ0v) is 9.57. The smallest absolute Gasteiger partial charge is 0.112 e. The molecule has 14 heavy (non-hydrogen) atoms. The third-order valence-corrected chi connectivity index (χ3v) is 4.59. The van der Waals surface area contributed by atoms with E-state index in [0.717, 1.165) is 13.0 Å². The molecule has 1 aliphatic rings. The first-order valence-corrected chi connectivity index (χ1v) is 6.60. The van der Waals surface area contributed by atoms with Crippen LogP contribution in [0.5, 0.6) is 0 Å². The van der Waals surface area contributed by atoms with Crippen LogP contribution in [0.15, 0.2) is 4.99 Å². The highest BCUT2D eigenvalue weighted by molar-refractivity contribution is 7.73.